The molecule has 1 saturated heterocycles. The van der Waals surface area contributed by atoms with Crippen molar-refractivity contribution in [2.45, 2.75) is 31.5 Å². The number of amides is 2. The maximum Gasteiger partial charge on any atom is 0.417 e. The molecule has 7 nitrogen and oxygen atoms in total. The minimum Gasteiger partial charge on any atom is -0.459 e. The second kappa shape index (κ2) is 12.2. The van der Waals surface area contributed by atoms with E-state index < -0.39 is 42.3 Å². The third kappa shape index (κ3) is 7.32. The first-order valence-corrected chi connectivity index (χ1v) is 13.3. The molecule has 1 fully saturated rings. The third-order valence-electron chi connectivity index (χ3n) is 6.89. The lowest BCUT2D eigenvalue weighted by molar-refractivity contribution is -0.137. The standard InChI is InChI=1S/C31H25F5N4O3/c32-30(33)11-14-40(15-12-30)29(42)22-5-8-26(38-18-22)21-4-7-24(25(16-21)31(34,35)36)27-9-6-23(43-27)19-39-28(41)10-3-20-2-1-13-37-17-20/h1-10,13,16-18H,11-12,14-15,19H2,(H,39,41). The van der Waals surface area contributed by atoms with Gasteiger partial charge in [0.2, 0.25) is 5.91 Å². The molecule has 0 saturated carbocycles. The van der Waals surface area contributed by atoms with Gasteiger partial charge in [0.15, 0.2) is 0 Å². The minimum absolute atomic E-state index is 0.0324. The van der Waals surface area contributed by atoms with Crippen LogP contribution in [0.5, 0.6) is 0 Å². The molecule has 0 bridgehead atoms. The lowest BCUT2D eigenvalue weighted by Crippen LogP contribution is -2.42. The molecule has 5 rings (SSSR count). The number of hydrogen-bond acceptors (Lipinski definition) is 5. The monoisotopic (exact) mass is 596 g/mol. The Morgan fingerprint density at radius 3 is 2.49 bits per heavy atom. The van der Waals surface area contributed by atoms with Crippen molar-refractivity contribution in [2.75, 3.05) is 13.1 Å². The summed E-state index contributed by atoms with van der Waals surface area (Å²) in [5, 5.41) is 2.62. The zero-order valence-corrected chi connectivity index (χ0v) is 22.6. The van der Waals surface area contributed by atoms with Gasteiger partial charge in [-0.05, 0) is 54.1 Å². The number of carbonyl (C=O) groups is 2. The first-order valence-electron chi connectivity index (χ1n) is 13.3. The lowest BCUT2D eigenvalue weighted by atomic mass is 9.99. The number of nitrogens with zero attached hydrogens (tertiary/aromatic N) is 3. The molecule has 43 heavy (non-hydrogen) atoms. The van der Waals surface area contributed by atoms with Gasteiger partial charge in [-0.3, -0.25) is 19.6 Å². The first kappa shape index (κ1) is 29.6. The molecular formula is C31H25F5N4O3. The van der Waals surface area contributed by atoms with Crippen LogP contribution in [0.4, 0.5) is 22.0 Å². The van der Waals surface area contributed by atoms with E-state index in [-0.39, 0.29) is 53.5 Å². The molecule has 4 heterocycles. The highest BCUT2D eigenvalue weighted by Gasteiger charge is 2.36. The van der Waals surface area contributed by atoms with E-state index in [0.717, 1.165) is 11.6 Å². The first-order chi connectivity index (χ1) is 20.5. The van der Waals surface area contributed by atoms with E-state index in [2.05, 4.69) is 15.3 Å². The summed E-state index contributed by atoms with van der Waals surface area (Å²) in [5.41, 5.74) is 0.0925. The van der Waals surface area contributed by atoms with Crippen molar-refractivity contribution in [3.8, 4) is 22.6 Å². The number of rotatable bonds is 7. The van der Waals surface area contributed by atoms with Gasteiger partial charge in [-0.2, -0.15) is 13.2 Å². The number of likely N-dealkylation sites (tertiary alicyclic amines) is 1. The Morgan fingerprint density at radius 1 is 1.02 bits per heavy atom. The zero-order chi connectivity index (χ0) is 30.6. The zero-order valence-electron chi connectivity index (χ0n) is 22.6. The summed E-state index contributed by atoms with van der Waals surface area (Å²) in [6.07, 6.45) is 1.73. The van der Waals surface area contributed by atoms with Crippen LogP contribution in [0.3, 0.4) is 0 Å². The fourth-order valence-electron chi connectivity index (χ4n) is 4.56. The van der Waals surface area contributed by atoms with Gasteiger partial charge in [0.05, 0.1) is 23.4 Å². The molecule has 1 aliphatic rings. The van der Waals surface area contributed by atoms with E-state index >= 15 is 0 Å². The summed E-state index contributed by atoms with van der Waals surface area (Å²) in [5.74, 6) is -3.45. The van der Waals surface area contributed by atoms with Gasteiger partial charge in [0.25, 0.3) is 11.8 Å². The van der Waals surface area contributed by atoms with Crippen LogP contribution in [-0.2, 0) is 17.5 Å². The number of aromatic nitrogens is 2. The highest BCUT2D eigenvalue weighted by Crippen LogP contribution is 2.40. The third-order valence-corrected chi connectivity index (χ3v) is 6.89. The molecule has 1 aliphatic heterocycles. The van der Waals surface area contributed by atoms with E-state index in [1.54, 1.807) is 30.6 Å². The van der Waals surface area contributed by atoms with Crippen molar-refractivity contribution in [1.82, 2.24) is 20.2 Å². The van der Waals surface area contributed by atoms with Crippen molar-refractivity contribution in [2.24, 2.45) is 0 Å². The van der Waals surface area contributed by atoms with Crippen LogP contribution in [0.15, 0.2) is 83.7 Å². The second-order valence-electron chi connectivity index (χ2n) is 9.94. The molecule has 1 N–H and O–H groups in total. The summed E-state index contributed by atoms with van der Waals surface area (Å²) in [4.78, 5) is 34.2. The molecule has 2 amide bonds. The van der Waals surface area contributed by atoms with Gasteiger partial charge >= 0.3 is 6.18 Å². The predicted molar refractivity (Wildman–Crippen MR) is 148 cm³/mol. The smallest absolute Gasteiger partial charge is 0.417 e. The summed E-state index contributed by atoms with van der Waals surface area (Å²) >= 11 is 0. The van der Waals surface area contributed by atoms with Crippen molar-refractivity contribution in [1.29, 1.82) is 0 Å². The molecule has 4 aromatic rings. The highest BCUT2D eigenvalue weighted by molar-refractivity contribution is 5.94. The molecule has 0 spiro atoms. The van der Waals surface area contributed by atoms with E-state index in [0.29, 0.717) is 0 Å². The van der Waals surface area contributed by atoms with E-state index in [1.165, 1.54) is 53.6 Å². The van der Waals surface area contributed by atoms with Gasteiger partial charge < -0.3 is 14.6 Å². The Hall–Kier alpha value is -4.87. The molecule has 3 aromatic heterocycles. The SMILES string of the molecule is O=C(C=Cc1cccnc1)NCc1ccc(-c2ccc(-c3ccc(C(=O)N4CCC(F)(F)CC4)cn3)cc2C(F)(F)F)o1. The molecule has 0 radical (unpaired) electrons. The van der Waals surface area contributed by atoms with Gasteiger partial charge in [-0.15, -0.1) is 0 Å². The average Bonchev–Trinajstić information content (AvgIpc) is 3.47. The van der Waals surface area contributed by atoms with Gasteiger partial charge in [0, 0.05) is 61.7 Å². The highest BCUT2D eigenvalue weighted by atomic mass is 19.4. The van der Waals surface area contributed by atoms with Crippen LogP contribution in [0.1, 0.15) is 40.1 Å². The van der Waals surface area contributed by atoms with E-state index in [9.17, 15) is 31.5 Å². The average molecular weight is 597 g/mol. The Balaban J connectivity index is 1.28. The van der Waals surface area contributed by atoms with Gasteiger partial charge in [-0.25, -0.2) is 8.78 Å². The number of halogens is 5. The number of nitrogens with one attached hydrogen (secondary N) is 1. The number of alkyl halides is 5. The predicted octanol–water partition coefficient (Wildman–Crippen LogP) is 6.62. The number of benzene rings is 1. The van der Waals surface area contributed by atoms with Crippen LogP contribution >= 0.6 is 0 Å². The Bertz CT molecular complexity index is 1620. The van der Waals surface area contributed by atoms with E-state index in [1.807, 2.05) is 0 Å². The molecule has 0 atom stereocenters. The molecule has 0 unspecified atom stereocenters. The number of piperidine rings is 1. The molecular weight excluding hydrogens is 571 g/mol. The summed E-state index contributed by atoms with van der Waals surface area (Å²) in [6, 6.07) is 12.9. The minimum atomic E-state index is -4.73. The van der Waals surface area contributed by atoms with Crippen LogP contribution in [0.2, 0.25) is 0 Å². The largest absolute Gasteiger partial charge is 0.459 e. The number of carbonyl (C=O) groups excluding carboxylic acids is 2. The number of pyridine rings is 2. The fourth-order valence-corrected chi connectivity index (χ4v) is 4.56. The molecule has 0 aliphatic carbocycles. The van der Waals surface area contributed by atoms with Gasteiger partial charge in [0.1, 0.15) is 11.5 Å². The second-order valence-corrected chi connectivity index (χ2v) is 9.94. The topological polar surface area (TPSA) is 88.3 Å². The van der Waals surface area contributed by atoms with Crippen molar-refractivity contribution in [3.63, 3.8) is 0 Å². The maximum atomic E-state index is 14.1. The summed E-state index contributed by atoms with van der Waals surface area (Å²) < 4.78 is 74.8. The quantitative estimate of drug-likeness (QED) is 0.191. The Morgan fingerprint density at radius 2 is 1.81 bits per heavy atom. The fraction of sp³-hybridized carbons (Fsp3) is 0.226. The van der Waals surface area contributed by atoms with Crippen LogP contribution in [-0.4, -0.2) is 45.7 Å². The van der Waals surface area contributed by atoms with Gasteiger partial charge in [-0.1, -0.05) is 12.1 Å². The summed E-state index contributed by atoms with van der Waals surface area (Å²) in [6.45, 7) is -0.216. The summed E-state index contributed by atoms with van der Waals surface area (Å²) in [7, 11) is 0. The molecule has 12 heteroatoms. The van der Waals surface area contributed by atoms with Crippen LogP contribution in [0, 0.1) is 0 Å². The Labute approximate surface area is 243 Å². The van der Waals surface area contributed by atoms with Crippen LogP contribution in [0.25, 0.3) is 28.7 Å². The lowest BCUT2D eigenvalue weighted by Gasteiger charge is -2.31. The number of hydrogen-bond donors (Lipinski definition) is 1. The van der Waals surface area contributed by atoms with Crippen molar-refractivity contribution in [3.05, 3.63) is 102 Å². The van der Waals surface area contributed by atoms with Crippen molar-refractivity contribution < 1.29 is 36.0 Å². The van der Waals surface area contributed by atoms with E-state index in [4.69, 9.17) is 4.42 Å². The molecule has 222 valence electrons. The Kier molecular flexibility index (Phi) is 8.38. The molecule has 1 aromatic carbocycles. The van der Waals surface area contributed by atoms with Crippen LogP contribution < -0.4 is 5.32 Å². The maximum absolute atomic E-state index is 14.1. The normalized spacial score (nSPS) is 15.0. The van der Waals surface area contributed by atoms with Crippen molar-refractivity contribution >= 4 is 17.9 Å². The number of furan rings is 1.